The van der Waals surface area contributed by atoms with Crippen molar-refractivity contribution >= 4 is 11.9 Å². The van der Waals surface area contributed by atoms with Crippen LogP contribution in [0.4, 0.5) is 0 Å². The van der Waals surface area contributed by atoms with Crippen molar-refractivity contribution in [3.05, 3.63) is 24.4 Å². The fourth-order valence-electron chi connectivity index (χ4n) is 1.14. The van der Waals surface area contributed by atoms with E-state index >= 15 is 0 Å². The van der Waals surface area contributed by atoms with Gasteiger partial charge in [-0.25, -0.2) is 0 Å². The van der Waals surface area contributed by atoms with E-state index in [1.807, 2.05) is 32.9 Å². The van der Waals surface area contributed by atoms with Gasteiger partial charge in [0.2, 0.25) is 0 Å². The van der Waals surface area contributed by atoms with E-state index in [1.54, 1.807) is 6.21 Å². The highest BCUT2D eigenvalue weighted by atomic mass is 14.9. The number of rotatable bonds is 1. The van der Waals surface area contributed by atoms with Gasteiger partial charge in [0.25, 0.3) is 0 Å². The van der Waals surface area contributed by atoms with Crippen LogP contribution in [0.15, 0.2) is 34.4 Å². The van der Waals surface area contributed by atoms with Gasteiger partial charge in [-0.3, -0.25) is 9.98 Å². The van der Waals surface area contributed by atoms with Crippen molar-refractivity contribution in [1.29, 1.82) is 0 Å². The van der Waals surface area contributed by atoms with Crippen molar-refractivity contribution in [2.24, 2.45) is 9.98 Å². The molecule has 1 unspecified atom stereocenters. The summed E-state index contributed by atoms with van der Waals surface area (Å²) in [4.78, 5) is 8.66. The molecule has 1 atom stereocenters. The van der Waals surface area contributed by atoms with E-state index in [1.165, 1.54) is 0 Å². The molecule has 1 heterocycles. The second-order valence-electron chi connectivity index (χ2n) is 3.23. The normalized spacial score (nSPS) is 28.9. The maximum atomic E-state index is 4.35. The maximum Gasteiger partial charge on any atom is 0.0958 e. The van der Waals surface area contributed by atoms with Gasteiger partial charge in [-0.2, -0.15) is 0 Å². The molecule has 0 saturated heterocycles. The SMILES string of the molecule is C=CC1(C)C=C(C)N=C(C)C=N1. The van der Waals surface area contributed by atoms with Crippen molar-refractivity contribution in [2.45, 2.75) is 26.3 Å². The summed E-state index contributed by atoms with van der Waals surface area (Å²) in [5.74, 6) is 0. The van der Waals surface area contributed by atoms with Crippen LogP contribution in [-0.4, -0.2) is 17.5 Å². The fraction of sp³-hybridized carbons (Fsp3) is 0.400. The Kier molecular flexibility index (Phi) is 2.27. The summed E-state index contributed by atoms with van der Waals surface area (Å²) in [5, 5.41) is 0. The summed E-state index contributed by atoms with van der Waals surface area (Å²) in [7, 11) is 0. The minimum atomic E-state index is -0.286. The van der Waals surface area contributed by atoms with Gasteiger partial charge >= 0.3 is 0 Å². The predicted octanol–water partition coefficient (Wildman–Crippen LogP) is 2.38. The molecule has 0 fully saturated rings. The molecule has 12 heavy (non-hydrogen) atoms. The summed E-state index contributed by atoms with van der Waals surface area (Å²) >= 11 is 0. The molecule has 2 nitrogen and oxygen atoms in total. The highest BCUT2D eigenvalue weighted by Gasteiger charge is 2.16. The first-order chi connectivity index (χ1) is 5.56. The topological polar surface area (TPSA) is 24.7 Å². The monoisotopic (exact) mass is 162 g/mol. The van der Waals surface area contributed by atoms with E-state index in [2.05, 4.69) is 16.6 Å². The molecule has 0 aromatic rings. The van der Waals surface area contributed by atoms with Gasteiger partial charge < -0.3 is 0 Å². The van der Waals surface area contributed by atoms with Crippen LogP contribution in [0, 0.1) is 0 Å². The summed E-state index contributed by atoms with van der Waals surface area (Å²) in [6.45, 7) is 9.67. The average molecular weight is 162 g/mol. The molecule has 64 valence electrons. The zero-order chi connectivity index (χ0) is 9.19. The highest BCUT2D eigenvalue weighted by Crippen LogP contribution is 2.18. The van der Waals surface area contributed by atoms with E-state index in [0.29, 0.717) is 0 Å². The Morgan fingerprint density at radius 2 is 2.17 bits per heavy atom. The zero-order valence-electron chi connectivity index (χ0n) is 7.83. The number of allylic oxidation sites excluding steroid dienone is 1. The summed E-state index contributed by atoms with van der Waals surface area (Å²) < 4.78 is 0. The first-order valence-electron chi connectivity index (χ1n) is 3.99. The molecule has 1 aliphatic rings. The van der Waals surface area contributed by atoms with E-state index in [4.69, 9.17) is 0 Å². The first-order valence-corrected chi connectivity index (χ1v) is 3.99. The van der Waals surface area contributed by atoms with Gasteiger partial charge in [-0.05, 0) is 26.8 Å². The molecular formula is C10H14N2. The molecule has 0 spiro atoms. The van der Waals surface area contributed by atoms with Crippen LogP contribution in [0.2, 0.25) is 0 Å². The van der Waals surface area contributed by atoms with Gasteiger partial charge in [-0.1, -0.05) is 6.08 Å². The third-order valence-corrected chi connectivity index (χ3v) is 1.80. The Hall–Kier alpha value is -1.18. The largest absolute Gasteiger partial charge is 0.277 e. The van der Waals surface area contributed by atoms with Gasteiger partial charge in [0, 0.05) is 11.9 Å². The van der Waals surface area contributed by atoms with Crippen LogP contribution in [0.5, 0.6) is 0 Å². The van der Waals surface area contributed by atoms with Crippen LogP contribution in [-0.2, 0) is 0 Å². The standard InChI is InChI=1S/C10H14N2/c1-5-10(4)6-8(2)12-9(3)7-11-10/h5-7H,1H2,2-4H3. The van der Waals surface area contributed by atoms with Gasteiger partial charge in [0.05, 0.1) is 11.3 Å². The highest BCUT2D eigenvalue weighted by molar-refractivity contribution is 6.30. The second kappa shape index (κ2) is 3.05. The molecule has 0 N–H and O–H groups in total. The van der Waals surface area contributed by atoms with Crippen molar-refractivity contribution in [3.63, 3.8) is 0 Å². The third kappa shape index (κ3) is 1.91. The molecular weight excluding hydrogens is 148 g/mol. The quantitative estimate of drug-likeness (QED) is 0.529. The Labute approximate surface area is 73.4 Å². The van der Waals surface area contributed by atoms with Gasteiger partial charge in [0.15, 0.2) is 0 Å². The Morgan fingerprint density at radius 1 is 1.50 bits per heavy atom. The van der Waals surface area contributed by atoms with Crippen LogP contribution in [0.25, 0.3) is 0 Å². The molecule has 0 aromatic heterocycles. The lowest BCUT2D eigenvalue weighted by molar-refractivity contribution is 0.739. The van der Waals surface area contributed by atoms with Gasteiger partial charge in [0.1, 0.15) is 0 Å². The second-order valence-corrected chi connectivity index (χ2v) is 3.23. The molecule has 0 aliphatic carbocycles. The lowest BCUT2D eigenvalue weighted by atomic mass is 10.0. The number of hydrogen-bond donors (Lipinski definition) is 0. The molecule has 1 rings (SSSR count). The Morgan fingerprint density at radius 3 is 2.75 bits per heavy atom. The smallest absolute Gasteiger partial charge is 0.0958 e. The van der Waals surface area contributed by atoms with Crippen LogP contribution in [0.3, 0.4) is 0 Å². The van der Waals surface area contributed by atoms with E-state index < -0.39 is 0 Å². The minimum absolute atomic E-state index is 0.286. The van der Waals surface area contributed by atoms with E-state index in [9.17, 15) is 0 Å². The van der Waals surface area contributed by atoms with Crippen LogP contribution in [0.1, 0.15) is 20.8 Å². The molecule has 0 aromatic carbocycles. The van der Waals surface area contributed by atoms with Crippen LogP contribution < -0.4 is 0 Å². The molecule has 0 bridgehead atoms. The molecule has 0 radical (unpaired) electrons. The average Bonchev–Trinajstić information content (AvgIpc) is 2.11. The van der Waals surface area contributed by atoms with E-state index in [-0.39, 0.29) is 5.54 Å². The molecule has 0 saturated carbocycles. The van der Waals surface area contributed by atoms with Gasteiger partial charge in [-0.15, -0.1) is 6.58 Å². The van der Waals surface area contributed by atoms with Crippen molar-refractivity contribution in [1.82, 2.24) is 0 Å². The molecule has 1 aliphatic heterocycles. The predicted molar refractivity (Wildman–Crippen MR) is 54.0 cm³/mol. The number of aliphatic imine (C=N–C) groups is 2. The van der Waals surface area contributed by atoms with Crippen molar-refractivity contribution in [2.75, 3.05) is 0 Å². The molecule has 0 amide bonds. The summed E-state index contributed by atoms with van der Waals surface area (Å²) in [6, 6.07) is 0. The maximum absolute atomic E-state index is 4.35. The number of hydrogen-bond acceptors (Lipinski definition) is 2. The zero-order valence-corrected chi connectivity index (χ0v) is 7.83. The Balaban J connectivity index is 3.09. The first kappa shape index (κ1) is 8.91. The minimum Gasteiger partial charge on any atom is -0.277 e. The Bertz CT molecular complexity index is 284. The third-order valence-electron chi connectivity index (χ3n) is 1.80. The van der Waals surface area contributed by atoms with E-state index in [0.717, 1.165) is 11.4 Å². The van der Waals surface area contributed by atoms with Crippen molar-refractivity contribution < 1.29 is 0 Å². The van der Waals surface area contributed by atoms with Crippen LogP contribution >= 0.6 is 0 Å². The summed E-state index contributed by atoms with van der Waals surface area (Å²) in [5.41, 5.74) is 1.65. The number of nitrogens with zero attached hydrogens (tertiary/aromatic N) is 2. The van der Waals surface area contributed by atoms with Crippen molar-refractivity contribution in [3.8, 4) is 0 Å². The lowest BCUT2D eigenvalue weighted by Crippen LogP contribution is -2.14. The molecule has 2 heteroatoms. The fourth-order valence-corrected chi connectivity index (χ4v) is 1.14. The lowest BCUT2D eigenvalue weighted by Gasteiger charge is -2.14. The summed E-state index contributed by atoms with van der Waals surface area (Å²) in [6.07, 6.45) is 5.61.